The number of aromatic nitrogens is 1. The molecule has 0 amide bonds. The summed E-state index contributed by atoms with van der Waals surface area (Å²) < 4.78 is 0.870. The SMILES string of the molecule is C#Cc1cnc2c(Br)cc(N)cc2c1NCC(C)(C)C. The summed E-state index contributed by atoms with van der Waals surface area (Å²) in [6.07, 6.45) is 7.30. The first-order valence-electron chi connectivity index (χ1n) is 6.40. The summed E-state index contributed by atoms with van der Waals surface area (Å²) in [6.45, 7) is 7.32. The zero-order valence-corrected chi connectivity index (χ0v) is 13.5. The molecule has 0 saturated heterocycles. The van der Waals surface area contributed by atoms with Crippen molar-refractivity contribution < 1.29 is 0 Å². The molecule has 0 aliphatic rings. The van der Waals surface area contributed by atoms with Crippen LogP contribution in [0.5, 0.6) is 0 Å². The molecule has 1 aromatic carbocycles. The molecule has 4 heteroatoms. The van der Waals surface area contributed by atoms with Crippen molar-refractivity contribution in [2.45, 2.75) is 20.8 Å². The molecule has 0 spiro atoms. The third-order valence-corrected chi connectivity index (χ3v) is 3.50. The van der Waals surface area contributed by atoms with Gasteiger partial charge in [0.25, 0.3) is 0 Å². The van der Waals surface area contributed by atoms with Gasteiger partial charge in [-0.25, -0.2) is 0 Å². The van der Waals surface area contributed by atoms with E-state index >= 15 is 0 Å². The van der Waals surface area contributed by atoms with Crippen molar-refractivity contribution in [1.29, 1.82) is 0 Å². The molecule has 0 bridgehead atoms. The minimum absolute atomic E-state index is 0.152. The van der Waals surface area contributed by atoms with Gasteiger partial charge in [-0.05, 0) is 33.5 Å². The summed E-state index contributed by atoms with van der Waals surface area (Å²) in [5.74, 6) is 2.68. The minimum atomic E-state index is 0.152. The second kappa shape index (κ2) is 5.34. The number of hydrogen-bond acceptors (Lipinski definition) is 3. The van der Waals surface area contributed by atoms with Crippen LogP contribution >= 0.6 is 15.9 Å². The molecule has 1 aromatic heterocycles. The number of rotatable bonds is 2. The summed E-state index contributed by atoms with van der Waals surface area (Å²) >= 11 is 3.50. The molecule has 3 nitrogen and oxygen atoms in total. The normalized spacial score (nSPS) is 11.3. The lowest BCUT2D eigenvalue weighted by Crippen LogP contribution is -2.19. The van der Waals surface area contributed by atoms with Gasteiger partial charge in [0.05, 0.1) is 16.8 Å². The Balaban J connectivity index is 2.62. The Hall–Kier alpha value is -1.73. The van der Waals surface area contributed by atoms with E-state index in [-0.39, 0.29) is 5.41 Å². The number of nitrogen functional groups attached to an aromatic ring is 1. The largest absolute Gasteiger partial charge is 0.399 e. The van der Waals surface area contributed by atoms with Gasteiger partial charge >= 0.3 is 0 Å². The highest BCUT2D eigenvalue weighted by molar-refractivity contribution is 9.10. The highest BCUT2D eigenvalue weighted by Crippen LogP contribution is 2.33. The van der Waals surface area contributed by atoms with Gasteiger partial charge in [0.1, 0.15) is 0 Å². The summed E-state index contributed by atoms with van der Waals surface area (Å²) in [5.41, 5.74) is 9.28. The molecule has 3 N–H and O–H groups in total. The summed E-state index contributed by atoms with van der Waals surface area (Å²) in [4.78, 5) is 4.41. The maximum Gasteiger partial charge on any atom is 0.0867 e. The molecular weight excluding hydrogens is 314 g/mol. The molecular formula is C16H18BrN3. The van der Waals surface area contributed by atoms with E-state index in [2.05, 4.69) is 52.9 Å². The van der Waals surface area contributed by atoms with Gasteiger partial charge in [-0.3, -0.25) is 4.98 Å². The Morgan fingerprint density at radius 1 is 1.40 bits per heavy atom. The maximum atomic E-state index is 5.93. The number of anilines is 2. The standard InChI is InChI=1S/C16H18BrN3/c1-5-10-8-19-15-12(6-11(18)7-13(15)17)14(10)20-9-16(2,3)4/h1,6-8H,9,18H2,2-4H3,(H,19,20). The number of halogens is 1. The highest BCUT2D eigenvalue weighted by atomic mass is 79.9. The zero-order chi connectivity index (χ0) is 14.9. The number of nitrogens with one attached hydrogen (secondary N) is 1. The third-order valence-electron chi connectivity index (χ3n) is 2.90. The van der Waals surface area contributed by atoms with E-state index in [1.165, 1.54) is 0 Å². The van der Waals surface area contributed by atoms with Gasteiger partial charge in [0.2, 0.25) is 0 Å². The van der Waals surface area contributed by atoms with E-state index in [0.29, 0.717) is 5.69 Å². The fourth-order valence-electron chi connectivity index (χ4n) is 1.93. The number of nitrogens with two attached hydrogens (primary N) is 1. The monoisotopic (exact) mass is 331 g/mol. The van der Waals surface area contributed by atoms with Crippen molar-refractivity contribution in [3.8, 4) is 12.3 Å². The Labute approximate surface area is 128 Å². The first kappa shape index (κ1) is 14.7. The zero-order valence-electron chi connectivity index (χ0n) is 11.9. The van der Waals surface area contributed by atoms with Crippen LogP contribution in [-0.2, 0) is 0 Å². The van der Waals surface area contributed by atoms with Crippen LogP contribution in [0.15, 0.2) is 22.8 Å². The number of benzene rings is 1. The van der Waals surface area contributed by atoms with E-state index in [0.717, 1.165) is 33.2 Å². The average molecular weight is 332 g/mol. The first-order chi connectivity index (χ1) is 9.31. The van der Waals surface area contributed by atoms with E-state index in [1.807, 2.05) is 12.1 Å². The molecule has 0 aliphatic carbocycles. The van der Waals surface area contributed by atoms with E-state index in [1.54, 1.807) is 6.20 Å². The second-order valence-electron chi connectivity index (χ2n) is 6.00. The van der Waals surface area contributed by atoms with Crippen LogP contribution in [0, 0.1) is 17.8 Å². The Bertz CT molecular complexity index is 693. The van der Waals surface area contributed by atoms with Crippen molar-refractivity contribution in [2.24, 2.45) is 5.41 Å². The van der Waals surface area contributed by atoms with Gasteiger partial charge in [-0.15, -0.1) is 6.42 Å². The number of fused-ring (bicyclic) bond motifs is 1. The van der Waals surface area contributed by atoms with E-state index < -0.39 is 0 Å². The average Bonchev–Trinajstić information content (AvgIpc) is 2.34. The van der Waals surface area contributed by atoms with Crippen molar-refractivity contribution >= 4 is 38.2 Å². The van der Waals surface area contributed by atoms with Crippen LogP contribution in [0.4, 0.5) is 11.4 Å². The van der Waals surface area contributed by atoms with Crippen LogP contribution in [-0.4, -0.2) is 11.5 Å². The van der Waals surface area contributed by atoms with Gasteiger partial charge in [0, 0.05) is 28.3 Å². The van der Waals surface area contributed by atoms with Crippen molar-refractivity contribution in [1.82, 2.24) is 4.98 Å². The lowest BCUT2D eigenvalue weighted by Gasteiger charge is -2.21. The predicted octanol–water partition coefficient (Wildman–Crippen LogP) is 4.02. The molecule has 1 heterocycles. The predicted molar refractivity (Wildman–Crippen MR) is 89.7 cm³/mol. The van der Waals surface area contributed by atoms with Crippen LogP contribution in [0.3, 0.4) is 0 Å². The summed E-state index contributed by atoms with van der Waals surface area (Å²) in [6, 6.07) is 3.75. The topological polar surface area (TPSA) is 50.9 Å². The summed E-state index contributed by atoms with van der Waals surface area (Å²) in [5, 5.41) is 4.38. The highest BCUT2D eigenvalue weighted by Gasteiger charge is 2.14. The van der Waals surface area contributed by atoms with E-state index in [9.17, 15) is 0 Å². The molecule has 0 atom stereocenters. The first-order valence-corrected chi connectivity index (χ1v) is 7.19. The molecule has 0 radical (unpaired) electrons. The van der Waals surface area contributed by atoms with Gasteiger partial charge < -0.3 is 11.1 Å². The number of nitrogens with zero attached hydrogens (tertiary/aromatic N) is 1. The molecule has 104 valence electrons. The van der Waals surface area contributed by atoms with Crippen LogP contribution in [0.25, 0.3) is 10.9 Å². The summed E-state index contributed by atoms with van der Waals surface area (Å²) in [7, 11) is 0. The Morgan fingerprint density at radius 2 is 2.10 bits per heavy atom. The lowest BCUT2D eigenvalue weighted by atomic mass is 9.96. The fraction of sp³-hybridized carbons (Fsp3) is 0.312. The van der Waals surface area contributed by atoms with Crippen molar-refractivity contribution in [3.05, 3.63) is 28.4 Å². The quantitative estimate of drug-likeness (QED) is 0.645. The number of terminal acetylenes is 1. The molecule has 2 rings (SSSR count). The van der Waals surface area contributed by atoms with E-state index in [4.69, 9.17) is 12.2 Å². The third kappa shape index (κ3) is 3.05. The van der Waals surface area contributed by atoms with Crippen LogP contribution < -0.4 is 11.1 Å². The van der Waals surface area contributed by atoms with Crippen molar-refractivity contribution in [3.63, 3.8) is 0 Å². The molecule has 0 aliphatic heterocycles. The number of hydrogen-bond donors (Lipinski definition) is 2. The Kier molecular flexibility index (Phi) is 3.92. The Morgan fingerprint density at radius 3 is 2.70 bits per heavy atom. The molecule has 0 saturated carbocycles. The van der Waals surface area contributed by atoms with Crippen molar-refractivity contribution in [2.75, 3.05) is 17.6 Å². The van der Waals surface area contributed by atoms with Gasteiger partial charge in [-0.2, -0.15) is 0 Å². The molecule has 0 fully saturated rings. The van der Waals surface area contributed by atoms with Gasteiger partial charge in [0.15, 0.2) is 0 Å². The second-order valence-corrected chi connectivity index (χ2v) is 6.86. The minimum Gasteiger partial charge on any atom is -0.399 e. The maximum absolute atomic E-state index is 5.93. The molecule has 2 aromatic rings. The molecule has 0 unspecified atom stereocenters. The number of pyridine rings is 1. The van der Waals surface area contributed by atoms with Crippen LogP contribution in [0.2, 0.25) is 0 Å². The molecule has 20 heavy (non-hydrogen) atoms. The lowest BCUT2D eigenvalue weighted by molar-refractivity contribution is 0.443. The van der Waals surface area contributed by atoms with Crippen LogP contribution in [0.1, 0.15) is 26.3 Å². The fourth-order valence-corrected chi connectivity index (χ4v) is 2.51. The smallest absolute Gasteiger partial charge is 0.0867 e. The van der Waals surface area contributed by atoms with Gasteiger partial charge in [-0.1, -0.05) is 26.7 Å².